The number of nitrogens with one attached hydrogen (secondary N) is 1. The Balaban J connectivity index is 1.59. The van der Waals surface area contributed by atoms with E-state index >= 15 is 0 Å². The molecule has 0 radical (unpaired) electrons. The van der Waals surface area contributed by atoms with Crippen molar-refractivity contribution in [2.75, 3.05) is 31.2 Å². The third-order valence-electron chi connectivity index (χ3n) is 5.49. The van der Waals surface area contributed by atoms with E-state index in [9.17, 15) is 4.79 Å². The van der Waals surface area contributed by atoms with Crippen LogP contribution in [0.5, 0.6) is 11.5 Å². The number of anilines is 1. The number of aromatic nitrogens is 3. The van der Waals surface area contributed by atoms with Gasteiger partial charge in [-0.3, -0.25) is 14.1 Å². The van der Waals surface area contributed by atoms with Crippen LogP contribution in [0.4, 0.5) is 5.95 Å². The molecule has 0 spiro atoms. The van der Waals surface area contributed by atoms with Crippen molar-refractivity contribution < 1.29 is 18.7 Å². The van der Waals surface area contributed by atoms with Crippen LogP contribution in [0.25, 0.3) is 17.3 Å². The average Bonchev–Trinajstić information content (AvgIpc) is 3.47. The van der Waals surface area contributed by atoms with Crippen LogP contribution in [0.15, 0.2) is 41.0 Å². The average molecular weight is 458 g/mol. The predicted octanol–water partition coefficient (Wildman–Crippen LogP) is 4.01. The van der Waals surface area contributed by atoms with E-state index in [1.54, 1.807) is 26.5 Å². The summed E-state index contributed by atoms with van der Waals surface area (Å²) in [4.78, 5) is 14.2. The number of para-hydroxylation sites is 1. The van der Waals surface area contributed by atoms with Gasteiger partial charge in [-0.25, -0.2) is 0 Å². The summed E-state index contributed by atoms with van der Waals surface area (Å²) in [5.74, 6) is 3.74. The Morgan fingerprint density at radius 3 is 2.62 bits per heavy atom. The largest absolute Gasteiger partial charge is 0.494 e. The van der Waals surface area contributed by atoms with E-state index in [2.05, 4.69) is 21.8 Å². The highest BCUT2D eigenvalue weighted by atomic mass is 32.2. The summed E-state index contributed by atoms with van der Waals surface area (Å²) >= 11 is 1.47. The number of hydrogen-bond donors (Lipinski definition) is 1. The molecule has 3 heterocycles. The van der Waals surface area contributed by atoms with Gasteiger partial charge in [-0.2, -0.15) is 0 Å². The standard InChI is InChI=1S/C22H27N5O4S/c1-15-7-4-11-19(28)26(15)12-14-32-25-22-24-23-21(18-10-6-13-31-18)27(22)20-16(29-2)8-5-9-17(20)30-3/h5-6,8-10,13,15H,4,7,11-12,14H2,1-3H3,(H,24,25). The monoisotopic (exact) mass is 457 g/mol. The number of methoxy groups -OCH3 is 2. The van der Waals surface area contributed by atoms with Crippen molar-refractivity contribution in [3.8, 4) is 28.8 Å². The molecule has 3 aromatic rings. The lowest BCUT2D eigenvalue weighted by molar-refractivity contribution is -0.135. The van der Waals surface area contributed by atoms with Gasteiger partial charge < -0.3 is 18.8 Å². The number of piperidine rings is 1. The lowest BCUT2D eigenvalue weighted by Gasteiger charge is -2.33. The summed E-state index contributed by atoms with van der Waals surface area (Å²) in [5, 5.41) is 8.69. The molecule has 1 amide bonds. The molecule has 4 rings (SSSR count). The summed E-state index contributed by atoms with van der Waals surface area (Å²) in [6.45, 7) is 2.78. The number of carbonyl (C=O) groups is 1. The first kappa shape index (κ1) is 22.1. The van der Waals surface area contributed by atoms with Crippen molar-refractivity contribution in [1.82, 2.24) is 19.7 Å². The van der Waals surface area contributed by atoms with Crippen LogP contribution in [-0.2, 0) is 4.79 Å². The molecule has 0 bridgehead atoms. The minimum atomic E-state index is 0.228. The number of likely N-dealkylation sites (tertiary alicyclic amines) is 1. The smallest absolute Gasteiger partial charge is 0.239 e. The number of ether oxygens (including phenoxy) is 2. The van der Waals surface area contributed by atoms with Crippen LogP contribution in [-0.4, -0.2) is 58.1 Å². The first-order valence-corrected chi connectivity index (χ1v) is 11.5. The second-order valence-electron chi connectivity index (χ2n) is 7.45. The first-order valence-electron chi connectivity index (χ1n) is 10.5. The Morgan fingerprint density at radius 1 is 1.19 bits per heavy atom. The van der Waals surface area contributed by atoms with E-state index in [1.165, 1.54) is 11.9 Å². The number of carbonyl (C=O) groups excluding carboxylic acids is 1. The molecule has 1 unspecified atom stereocenters. The molecule has 2 aromatic heterocycles. The Hall–Kier alpha value is -3.14. The van der Waals surface area contributed by atoms with Gasteiger partial charge in [-0.15, -0.1) is 10.2 Å². The highest BCUT2D eigenvalue weighted by Gasteiger charge is 2.25. The molecule has 1 N–H and O–H groups in total. The van der Waals surface area contributed by atoms with Gasteiger partial charge >= 0.3 is 0 Å². The summed E-state index contributed by atoms with van der Waals surface area (Å²) in [6, 6.07) is 9.46. The molecule has 170 valence electrons. The van der Waals surface area contributed by atoms with Crippen LogP contribution in [0.1, 0.15) is 26.2 Å². The molecule has 0 aliphatic carbocycles. The summed E-state index contributed by atoms with van der Waals surface area (Å²) in [7, 11) is 3.21. The molecule has 1 aromatic carbocycles. The van der Waals surface area contributed by atoms with Gasteiger partial charge in [0.15, 0.2) is 5.76 Å². The second kappa shape index (κ2) is 9.99. The quantitative estimate of drug-likeness (QED) is 0.381. The fraction of sp³-hybridized carbons (Fsp3) is 0.409. The Morgan fingerprint density at radius 2 is 1.97 bits per heavy atom. The van der Waals surface area contributed by atoms with Crippen molar-refractivity contribution in [2.24, 2.45) is 0 Å². The molecule has 1 aliphatic rings. The van der Waals surface area contributed by atoms with Crippen LogP contribution >= 0.6 is 11.9 Å². The van der Waals surface area contributed by atoms with E-state index in [4.69, 9.17) is 13.9 Å². The van der Waals surface area contributed by atoms with Crippen molar-refractivity contribution in [3.05, 3.63) is 36.6 Å². The molecule has 1 atom stereocenters. The maximum Gasteiger partial charge on any atom is 0.239 e. The van der Waals surface area contributed by atoms with Crippen LogP contribution < -0.4 is 14.2 Å². The lowest BCUT2D eigenvalue weighted by atomic mass is 10.0. The maximum atomic E-state index is 12.2. The third-order valence-corrected chi connectivity index (χ3v) is 6.21. The van der Waals surface area contributed by atoms with Crippen molar-refractivity contribution in [1.29, 1.82) is 0 Å². The lowest BCUT2D eigenvalue weighted by Crippen LogP contribution is -2.43. The van der Waals surface area contributed by atoms with Gasteiger partial charge in [0, 0.05) is 24.8 Å². The fourth-order valence-electron chi connectivity index (χ4n) is 3.88. The highest BCUT2D eigenvalue weighted by Crippen LogP contribution is 2.38. The normalized spacial score (nSPS) is 16.3. The number of amides is 1. The minimum Gasteiger partial charge on any atom is -0.494 e. The zero-order chi connectivity index (χ0) is 22.5. The highest BCUT2D eigenvalue weighted by molar-refractivity contribution is 8.00. The van der Waals surface area contributed by atoms with Crippen LogP contribution in [0.3, 0.4) is 0 Å². The van der Waals surface area contributed by atoms with Crippen LogP contribution in [0.2, 0.25) is 0 Å². The maximum absolute atomic E-state index is 12.2. The molecule has 1 aliphatic heterocycles. The molecule has 9 nitrogen and oxygen atoms in total. The summed E-state index contributed by atoms with van der Waals surface area (Å²) in [5.41, 5.74) is 0.664. The van der Waals surface area contributed by atoms with Gasteiger partial charge in [0.1, 0.15) is 17.2 Å². The fourth-order valence-corrected chi connectivity index (χ4v) is 4.53. The number of benzene rings is 1. The van der Waals surface area contributed by atoms with Crippen molar-refractivity contribution in [2.45, 2.75) is 32.2 Å². The Labute approximate surface area is 191 Å². The van der Waals surface area contributed by atoms with Crippen molar-refractivity contribution >= 4 is 23.8 Å². The van der Waals surface area contributed by atoms with Gasteiger partial charge in [-0.1, -0.05) is 6.07 Å². The van der Waals surface area contributed by atoms with E-state index in [0.717, 1.165) is 12.8 Å². The molecule has 10 heteroatoms. The van der Waals surface area contributed by atoms with E-state index in [1.807, 2.05) is 33.7 Å². The first-order chi connectivity index (χ1) is 15.6. The second-order valence-corrected chi connectivity index (χ2v) is 8.35. The van der Waals surface area contributed by atoms with Crippen molar-refractivity contribution in [3.63, 3.8) is 0 Å². The third kappa shape index (κ3) is 4.40. The minimum absolute atomic E-state index is 0.228. The van der Waals surface area contributed by atoms with E-state index in [-0.39, 0.29) is 11.9 Å². The molecule has 0 saturated carbocycles. The van der Waals surface area contributed by atoms with Crippen LogP contribution in [0, 0.1) is 0 Å². The van der Waals surface area contributed by atoms with Gasteiger partial charge in [-0.05, 0) is 56.0 Å². The SMILES string of the molecule is COc1cccc(OC)c1-n1c(NSCCN2C(=O)CCCC2C)nnc1-c1ccco1. The van der Waals surface area contributed by atoms with E-state index < -0.39 is 0 Å². The summed E-state index contributed by atoms with van der Waals surface area (Å²) in [6.07, 6.45) is 4.25. The zero-order valence-corrected chi connectivity index (χ0v) is 19.2. The van der Waals surface area contributed by atoms with Gasteiger partial charge in [0.05, 0.1) is 20.5 Å². The Bertz CT molecular complexity index is 1030. The molecule has 1 saturated heterocycles. The molecular weight excluding hydrogens is 430 g/mol. The van der Waals surface area contributed by atoms with Gasteiger partial charge in [0.2, 0.25) is 17.7 Å². The number of hydrogen-bond acceptors (Lipinski definition) is 8. The zero-order valence-electron chi connectivity index (χ0n) is 18.4. The summed E-state index contributed by atoms with van der Waals surface area (Å²) < 4.78 is 21.9. The topological polar surface area (TPSA) is 94.7 Å². The predicted molar refractivity (Wildman–Crippen MR) is 123 cm³/mol. The number of furan rings is 1. The Kier molecular flexibility index (Phi) is 6.89. The molecule has 1 fully saturated rings. The van der Waals surface area contributed by atoms with E-state index in [0.29, 0.717) is 53.4 Å². The molecular formula is C22H27N5O4S. The molecule has 32 heavy (non-hydrogen) atoms. The number of rotatable bonds is 9. The number of nitrogens with zero attached hydrogens (tertiary/aromatic N) is 4. The van der Waals surface area contributed by atoms with Gasteiger partial charge in [0.25, 0.3) is 0 Å².